The van der Waals surface area contributed by atoms with Crippen molar-refractivity contribution in [2.45, 2.75) is 32.0 Å². The summed E-state index contributed by atoms with van der Waals surface area (Å²) in [5.41, 5.74) is 1.38. The molecule has 0 radical (unpaired) electrons. The Bertz CT molecular complexity index is 770. The number of rotatable bonds is 3. The Balaban J connectivity index is 1.70. The number of carbonyl (C=O) groups is 1. The summed E-state index contributed by atoms with van der Waals surface area (Å²) in [5.74, 6) is 0.155. The van der Waals surface area contributed by atoms with E-state index < -0.39 is 22.7 Å². The lowest BCUT2D eigenvalue weighted by Gasteiger charge is -2.34. The van der Waals surface area contributed by atoms with Gasteiger partial charge >= 0.3 is 6.18 Å². The minimum Gasteiger partial charge on any atom is -0.355 e. The van der Waals surface area contributed by atoms with Crippen molar-refractivity contribution in [3.8, 4) is 0 Å². The number of amides is 1. The van der Waals surface area contributed by atoms with E-state index in [1.54, 1.807) is 4.68 Å². The van der Waals surface area contributed by atoms with Crippen molar-refractivity contribution in [3.63, 3.8) is 0 Å². The van der Waals surface area contributed by atoms with Gasteiger partial charge in [-0.15, -0.1) is 11.3 Å². The van der Waals surface area contributed by atoms with Crippen molar-refractivity contribution in [3.05, 3.63) is 27.8 Å². The number of aromatic nitrogens is 3. The van der Waals surface area contributed by atoms with Crippen LogP contribution in [0.3, 0.4) is 0 Å². The molecule has 1 N–H and O–H groups in total. The highest BCUT2D eigenvalue weighted by atomic mass is 32.1. The maximum absolute atomic E-state index is 12.9. The first kappa shape index (κ1) is 17.7. The average molecular weight is 373 g/mol. The van der Waals surface area contributed by atoms with E-state index >= 15 is 0 Å². The van der Waals surface area contributed by atoms with Crippen LogP contribution in [0.1, 0.15) is 33.9 Å². The number of piperidine rings is 1. The summed E-state index contributed by atoms with van der Waals surface area (Å²) in [6.07, 6.45) is -3.03. The van der Waals surface area contributed by atoms with Gasteiger partial charge in [0.25, 0.3) is 5.91 Å². The summed E-state index contributed by atoms with van der Waals surface area (Å²) in [4.78, 5) is 17.0. The summed E-state index contributed by atoms with van der Waals surface area (Å²) in [6.45, 7) is 3.24. The fourth-order valence-electron chi connectivity index (χ4n) is 3.06. The van der Waals surface area contributed by atoms with Crippen molar-refractivity contribution in [2.24, 2.45) is 7.05 Å². The fourth-order valence-corrected chi connectivity index (χ4v) is 3.71. The third kappa shape index (κ3) is 3.78. The van der Waals surface area contributed by atoms with Crippen LogP contribution in [0.4, 0.5) is 19.0 Å². The SMILES string of the molecule is Cc1cc(N2CCCC(NC(=O)c3ncsc3C(F)(F)F)C2)n(C)n1. The fraction of sp³-hybridized carbons (Fsp3) is 0.533. The van der Waals surface area contributed by atoms with Gasteiger partial charge in [0.05, 0.1) is 11.2 Å². The van der Waals surface area contributed by atoms with Gasteiger partial charge in [0, 0.05) is 32.2 Å². The van der Waals surface area contributed by atoms with E-state index in [2.05, 4.69) is 20.3 Å². The predicted octanol–water partition coefficient (Wildman–Crippen LogP) is 2.60. The van der Waals surface area contributed by atoms with E-state index in [1.807, 2.05) is 20.0 Å². The van der Waals surface area contributed by atoms with E-state index in [-0.39, 0.29) is 6.04 Å². The molecule has 1 atom stereocenters. The number of halogens is 3. The van der Waals surface area contributed by atoms with E-state index in [1.165, 1.54) is 0 Å². The van der Waals surface area contributed by atoms with Crippen LogP contribution >= 0.6 is 11.3 Å². The highest BCUT2D eigenvalue weighted by Gasteiger charge is 2.38. The zero-order valence-corrected chi connectivity index (χ0v) is 14.6. The Morgan fingerprint density at radius 1 is 1.44 bits per heavy atom. The minimum absolute atomic E-state index is 0.237. The van der Waals surface area contributed by atoms with Crippen LogP contribution in [0.25, 0.3) is 0 Å². The molecule has 3 rings (SSSR count). The summed E-state index contributed by atoms with van der Waals surface area (Å²) >= 11 is 0.430. The number of carbonyl (C=O) groups excluding carboxylic acids is 1. The Hall–Kier alpha value is -2.10. The number of alkyl halides is 3. The van der Waals surface area contributed by atoms with Gasteiger partial charge in [-0.3, -0.25) is 9.48 Å². The molecular formula is C15H18F3N5OS. The van der Waals surface area contributed by atoms with Gasteiger partial charge in [-0.05, 0) is 19.8 Å². The molecule has 1 saturated heterocycles. The first-order chi connectivity index (χ1) is 11.8. The maximum Gasteiger partial charge on any atom is 0.427 e. The summed E-state index contributed by atoms with van der Waals surface area (Å²) in [6, 6.07) is 1.71. The van der Waals surface area contributed by atoms with E-state index in [0.29, 0.717) is 24.3 Å². The monoisotopic (exact) mass is 373 g/mol. The Kier molecular flexibility index (Phi) is 4.72. The minimum atomic E-state index is -4.57. The van der Waals surface area contributed by atoms with Crippen molar-refractivity contribution < 1.29 is 18.0 Å². The Labute approximate surface area is 146 Å². The molecule has 1 aliphatic heterocycles. The zero-order chi connectivity index (χ0) is 18.2. The molecule has 6 nitrogen and oxygen atoms in total. The Morgan fingerprint density at radius 3 is 2.84 bits per heavy atom. The van der Waals surface area contributed by atoms with Gasteiger partial charge < -0.3 is 10.2 Å². The van der Waals surface area contributed by atoms with Gasteiger partial charge in [-0.1, -0.05) is 0 Å². The lowest BCUT2D eigenvalue weighted by Crippen LogP contribution is -2.48. The molecule has 0 aromatic carbocycles. The van der Waals surface area contributed by atoms with Crippen molar-refractivity contribution in [2.75, 3.05) is 18.0 Å². The standard InChI is InChI=1S/C15H18F3N5OS/c1-9-6-11(22(2)21-9)23-5-3-4-10(7-23)20-14(24)12-13(15(16,17)18)25-8-19-12/h6,8,10H,3-5,7H2,1-2H3,(H,20,24). The number of nitrogens with zero attached hydrogens (tertiary/aromatic N) is 4. The second-order valence-corrected chi connectivity index (χ2v) is 6.91. The van der Waals surface area contributed by atoms with Gasteiger partial charge in [0.2, 0.25) is 0 Å². The van der Waals surface area contributed by atoms with E-state index in [0.717, 1.165) is 30.0 Å². The quantitative estimate of drug-likeness (QED) is 0.898. The molecule has 25 heavy (non-hydrogen) atoms. The Morgan fingerprint density at radius 2 is 2.20 bits per heavy atom. The van der Waals surface area contributed by atoms with Crippen LogP contribution < -0.4 is 10.2 Å². The number of aryl methyl sites for hydroxylation is 2. The number of thiazole rings is 1. The van der Waals surface area contributed by atoms with E-state index in [4.69, 9.17) is 0 Å². The van der Waals surface area contributed by atoms with Crippen LogP contribution in [0.2, 0.25) is 0 Å². The van der Waals surface area contributed by atoms with Crippen molar-refractivity contribution in [1.82, 2.24) is 20.1 Å². The maximum atomic E-state index is 12.9. The van der Waals surface area contributed by atoms with Gasteiger partial charge in [0.1, 0.15) is 10.7 Å². The molecule has 0 aliphatic carbocycles. The summed E-state index contributed by atoms with van der Waals surface area (Å²) in [5, 5.41) is 7.00. The lowest BCUT2D eigenvalue weighted by molar-refractivity contribution is -0.134. The van der Waals surface area contributed by atoms with Gasteiger partial charge in [0.15, 0.2) is 5.69 Å². The highest BCUT2D eigenvalue weighted by Crippen LogP contribution is 2.34. The predicted molar refractivity (Wildman–Crippen MR) is 87.8 cm³/mol. The van der Waals surface area contributed by atoms with Gasteiger partial charge in [-0.25, -0.2) is 4.98 Å². The third-order valence-corrected chi connectivity index (χ3v) is 4.97. The van der Waals surface area contributed by atoms with Crippen molar-refractivity contribution >= 4 is 23.1 Å². The molecular weight excluding hydrogens is 355 g/mol. The largest absolute Gasteiger partial charge is 0.427 e. The third-order valence-electron chi connectivity index (χ3n) is 4.10. The molecule has 136 valence electrons. The molecule has 0 spiro atoms. The molecule has 1 aliphatic rings. The van der Waals surface area contributed by atoms with Crippen molar-refractivity contribution in [1.29, 1.82) is 0 Å². The molecule has 10 heteroatoms. The van der Waals surface area contributed by atoms with E-state index in [9.17, 15) is 18.0 Å². The highest BCUT2D eigenvalue weighted by molar-refractivity contribution is 7.10. The average Bonchev–Trinajstić information content (AvgIpc) is 3.13. The van der Waals surface area contributed by atoms with Crippen LogP contribution in [-0.4, -0.2) is 39.8 Å². The summed E-state index contributed by atoms with van der Waals surface area (Å²) in [7, 11) is 1.84. The number of nitrogens with one attached hydrogen (secondary N) is 1. The van der Waals surface area contributed by atoms with Crippen LogP contribution in [0, 0.1) is 6.92 Å². The number of anilines is 1. The second kappa shape index (κ2) is 6.66. The lowest BCUT2D eigenvalue weighted by atomic mass is 10.1. The molecule has 0 bridgehead atoms. The van der Waals surface area contributed by atoms with Crippen LogP contribution in [-0.2, 0) is 13.2 Å². The smallest absolute Gasteiger partial charge is 0.355 e. The zero-order valence-electron chi connectivity index (χ0n) is 13.8. The molecule has 3 heterocycles. The topological polar surface area (TPSA) is 63.1 Å². The molecule has 2 aromatic rings. The number of hydrogen-bond acceptors (Lipinski definition) is 5. The second-order valence-electron chi connectivity index (χ2n) is 6.05. The number of hydrogen-bond donors (Lipinski definition) is 1. The first-order valence-electron chi connectivity index (χ1n) is 7.83. The molecule has 0 saturated carbocycles. The molecule has 1 amide bonds. The first-order valence-corrected chi connectivity index (χ1v) is 8.71. The van der Waals surface area contributed by atoms with Crippen LogP contribution in [0.5, 0.6) is 0 Å². The van der Waals surface area contributed by atoms with Gasteiger partial charge in [-0.2, -0.15) is 18.3 Å². The molecule has 1 unspecified atom stereocenters. The van der Waals surface area contributed by atoms with Crippen LogP contribution in [0.15, 0.2) is 11.6 Å². The molecule has 2 aromatic heterocycles. The molecule has 1 fully saturated rings. The summed E-state index contributed by atoms with van der Waals surface area (Å²) < 4.78 is 40.5. The normalized spacial score (nSPS) is 18.4.